The van der Waals surface area contributed by atoms with Crippen molar-refractivity contribution in [3.63, 3.8) is 0 Å². The lowest BCUT2D eigenvalue weighted by atomic mass is 10.1. The highest BCUT2D eigenvalue weighted by molar-refractivity contribution is 5.87. The summed E-state index contributed by atoms with van der Waals surface area (Å²) in [5.41, 5.74) is -0.448. The Balaban J connectivity index is 3.09. The smallest absolute Gasteiger partial charge is 0.261 e. The molecule has 0 unspecified atom stereocenters. The van der Waals surface area contributed by atoms with Gasteiger partial charge in [0.1, 0.15) is 11.6 Å². The fourth-order valence-corrected chi connectivity index (χ4v) is 1.40. The molecule has 4 heteroatoms. The predicted molar refractivity (Wildman–Crippen MR) is 50.8 cm³/mol. The molecule has 3 nitrogen and oxygen atoms in total. The van der Waals surface area contributed by atoms with Crippen LogP contribution in [0.25, 0.3) is 10.8 Å². The molecule has 0 fully saturated rings. The van der Waals surface area contributed by atoms with E-state index in [1.165, 1.54) is 29.9 Å². The molecule has 0 bridgehead atoms. The summed E-state index contributed by atoms with van der Waals surface area (Å²) < 4.78 is 14.6. The minimum Gasteiger partial charge on any atom is -0.507 e. The molecule has 0 aliphatic carbocycles. The molecule has 14 heavy (non-hydrogen) atoms. The average molecular weight is 193 g/mol. The van der Waals surface area contributed by atoms with Gasteiger partial charge in [0, 0.05) is 18.6 Å². The molecule has 1 heterocycles. The number of aryl methyl sites for hydroxylation is 1. The van der Waals surface area contributed by atoms with E-state index < -0.39 is 11.4 Å². The first-order valence-corrected chi connectivity index (χ1v) is 4.08. The van der Waals surface area contributed by atoms with E-state index in [0.29, 0.717) is 0 Å². The Kier molecular flexibility index (Phi) is 1.77. The first-order chi connectivity index (χ1) is 6.61. The standard InChI is InChI=1S/C10H8FNO2/c1-12-5-4-6-8(13)3-2-7(11)9(6)10(12)14/h2-5,13H,1H3. The Morgan fingerprint density at radius 1 is 1.36 bits per heavy atom. The lowest BCUT2D eigenvalue weighted by molar-refractivity contribution is 0.480. The zero-order valence-electron chi connectivity index (χ0n) is 7.49. The number of halogens is 1. The highest BCUT2D eigenvalue weighted by Crippen LogP contribution is 2.23. The van der Waals surface area contributed by atoms with Crippen molar-refractivity contribution in [2.45, 2.75) is 0 Å². The topological polar surface area (TPSA) is 42.2 Å². The second-order valence-corrected chi connectivity index (χ2v) is 3.09. The van der Waals surface area contributed by atoms with Gasteiger partial charge in [-0.25, -0.2) is 4.39 Å². The van der Waals surface area contributed by atoms with Crippen LogP contribution in [0.5, 0.6) is 5.75 Å². The van der Waals surface area contributed by atoms with Crippen molar-refractivity contribution in [3.05, 3.63) is 40.6 Å². The summed E-state index contributed by atoms with van der Waals surface area (Å²) in [7, 11) is 1.53. The van der Waals surface area contributed by atoms with E-state index in [1.54, 1.807) is 0 Å². The van der Waals surface area contributed by atoms with Gasteiger partial charge in [0.15, 0.2) is 0 Å². The van der Waals surface area contributed by atoms with Crippen molar-refractivity contribution >= 4 is 10.8 Å². The highest BCUT2D eigenvalue weighted by atomic mass is 19.1. The van der Waals surface area contributed by atoms with E-state index in [9.17, 15) is 14.3 Å². The van der Waals surface area contributed by atoms with Crippen LogP contribution >= 0.6 is 0 Å². The maximum atomic E-state index is 13.3. The maximum absolute atomic E-state index is 13.3. The molecular formula is C10H8FNO2. The first-order valence-electron chi connectivity index (χ1n) is 4.08. The third kappa shape index (κ3) is 1.08. The van der Waals surface area contributed by atoms with Gasteiger partial charge in [0.2, 0.25) is 0 Å². The van der Waals surface area contributed by atoms with Crippen molar-refractivity contribution < 1.29 is 9.50 Å². The summed E-state index contributed by atoms with van der Waals surface area (Å²) in [5, 5.41) is 9.57. The van der Waals surface area contributed by atoms with Gasteiger partial charge in [-0.15, -0.1) is 0 Å². The van der Waals surface area contributed by atoms with Crippen molar-refractivity contribution in [2.24, 2.45) is 7.05 Å². The molecule has 0 aliphatic heterocycles. The van der Waals surface area contributed by atoms with E-state index in [0.717, 1.165) is 6.07 Å². The first kappa shape index (κ1) is 8.74. The molecular weight excluding hydrogens is 185 g/mol. The Morgan fingerprint density at radius 2 is 2.07 bits per heavy atom. The molecule has 0 spiro atoms. The normalized spacial score (nSPS) is 10.7. The number of phenols is 1. The zero-order valence-corrected chi connectivity index (χ0v) is 7.49. The van der Waals surface area contributed by atoms with E-state index in [2.05, 4.69) is 0 Å². The molecule has 0 radical (unpaired) electrons. The van der Waals surface area contributed by atoms with Gasteiger partial charge in [-0.2, -0.15) is 0 Å². The summed E-state index contributed by atoms with van der Waals surface area (Å²) in [6, 6.07) is 3.82. The Morgan fingerprint density at radius 3 is 2.79 bits per heavy atom. The van der Waals surface area contributed by atoms with Crippen LogP contribution in [0, 0.1) is 5.82 Å². The lowest BCUT2D eigenvalue weighted by Crippen LogP contribution is -2.16. The minimum atomic E-state index is -0.612. The summed E-state index contributed by atoms with van der Waals surface area (Å²) in [6.45, 7) is 0. The second kappa shape index (κ2) is 2.83. The number of nitrogens with zero attached hydrogens (tertiary/aromatic N) is 1. The Hall–Kier alpha value is -1.84. The third-order valence-corrected chi connectivity index (χ3v) is 2.17. The summed E-state index contributed by atoms with van der Waals surface area (Å²) >= 11 is 0. The van der Waals surface area contributed by atoms with Crippen LogP contribution < -0.4 is 5.56 Å². The van der Waals surface area contributed by atoms with Gasteiger partial charge in [0.25, 0.3) is 5.56 Å². The highest BCUT2D eigenvalue weighted by Gasteiger charge is 2.09. The predicted octanol–water partition coefficient (Wildman–Crippen LogP) is 1.38. The van der Waals surface area contributed by atoms with Crippen LogP contribution in [0.1, 0.15) is 0 Å². The van der Waals surface area contributed by atoms with Crippen LogP contribution in [0.15, 0.2) is 29.2 Å². The summed E-state index contributed by atoms with van der Waals surface area (Å²) in [5.74, 6) is -0.696. The van der Waals surface area contributed by atoms with Crippen molar-refractivity contribution in [2.75, 3.05) is 0 Å². The van der Waals surface area contributed by atoms with Gasteiger partial charge in [0.05, 0.1) is 5.39 Å². The fraction of sp³-hybridized carbons (Fsp3) is 0.100. The van der Waals surface area contributed by atoms with Crippen LogP contribution in [0.3, 0.4) is 0 Å². The van der Waals surface area contributed by atoms with Crippen molar-refractivity contribution in [3.8, 4) is 5.75 Å². The van der Waals surface area contributed by atoms with Crippen molar-refractivity contribution in [1.82, 2.24) is 4.57 Å². The lowest BCUT2D eigenvalue weighted by Gasteiger charge is -2.03. The minimum absolute atomic E-state index is 0.0741. The maximum Gasteiger partial charge on any atom is 0.261 e. The second-order valence-electron chi connectivity index (χ2n) is 3.09. The number of pyridine rings is 1. The Labute approximate surface area is 79.0 Å². The number of fused-ring (bicyclic) bond motifs is 1. The molecule has 0 saturated heterocycles. The van der Waals surface area contributed by atoms with E-state index in [1.807, 2.05) is 0 Å². The average Bonchev–Trinajstić information content (AvgIpc) is 2.16. The molecule has 2 aromatic rings. The number of benzene rings is 1. The number of aromatic hydroxyl groups is 1. The van der Waals surface area contributed by atoms with Gasteiger partial charge in [-0.3, -0.25) is 4.79 Å². The molecule has 2 rings (SSSR count). The van der Waals surface area contributed by atoms with Crippen LogP contribution in [0.4, 0.5) is 4.39 Å². The SMILES string of the molecule is Cn1ccc2c(O)ccc(F)c2c1=O. The molecule has 72 valence electrons. The summed E-state index contributed by atoms with van der Waals surface area (Å²) in [6.07, 6.45) is 1.49. The van der Waals surface area contributed by atoms with E-state index in [4.69, 9.17) is 0 Å². The number of rotatable bonds is 0. The van der Waals surface area contributed by atoms with Gasteiger partial charge in [-0.05, 0) is 18.2 Å². The summed E-state index contributed by atoms with van der Waals surface area (Å²) in [4.78, 5) is 11.5. The molecule has 1 N–H and O–H groups in total. The number of hydrogen-bond donors (Lipinski definition) is 1. The fourth-order valence-electron chi connectivity index (χ4n) is 1.40. The van der Waals surface area contributed by atoms with Crippen molar-refractivity contribution in [1.29, 1.82) is 0 Å². The third-order valence-electron chi connectivity index (χ3n) is 2.17. The molecule has 1 aromatic heterocycles. The monoisotopic (exact) mass is 193 g/mol. The van der Waals surface area contributed by atoms with Gasteiger partial charge >= 0.3 is 0 Å². The quantitative estimate of drug-likeness (QED) is 0.686. The van der Waals surface area contributed by atoms with Gasteiger partial charge < -0.3 is 9.67 Å². The van der Waals surface area contributed by atoms with Crippen LogP contribution in [0.2, 0.25) is 0 Å². The largest absolute Gasteiger partial charge is 0.507 e. The molecule has 0 saturated carbocycles. The van der Waals surface area contributed by atoms with Crippen LogP contribution in [-0.2, 0) is 7.05 Å². The molecule has 0 amide bonds. The molecule has 0 atom stereocenters. The molecule has 1 aromatic carbocycles. The number of phenolic OH excluding ortho intramolecular Hbond substituents is 1. The zero-order chi connectivity index (χ0) is 10.3. The van der Waals surface area contributed by atoms with Gasteiger partial charge in [-0.1, -0.05) is 0 Å². The molecule has 0 aliphatic rings. The van der Waals surface area contributed by atoms with E-state index >= 15 is 0 Å². The number of aromatic nitrogens is 1. The Bertz CT molecular complexity index is 560. The van der Waals surface area contributed by atoms with E-state index in [-0.39, 0.29) is 16.5 Å². The van der Waals surface area contributed by atoms with Crippen LogP contribution in [-0.4, -0.2) is 9.67 Å². The number of hydrogen-bond acceptors (Lipinski definition) is 2.